The van der Waals surface area contributed by atoms with Crippen LogP contribution < -0.4 is 10.6 Å². The number of hydrogen-bond acceptors (Lipinski definition) is 2. The maximum absolute atomic E-state index is 11.8. The zero-order chi connectivity index (χ0) is 14.5. The molecule has 2 amide bonds. The number of amides is 2. The Kier molecular flexibility index (Phi) is 5.26. The Hall–Kier alpha value is -1.26. The van der Waals surface area contributed by atoms with Crippen LogP contribution in [0.4, 0.5) is 4.79 Å². The molecule has 20 heavy (non-hydrogen) atoms. The SMILES string of the molecule is CC1CCCC(CNC(=O)NC2CCC(C(=O)O)C2)C1. The predicted molar refractivity (Wildman–Crippen MR) is 76.4 cm³/mol. The molecule has 2 saturated carbocycles. The van der Waals surface area contributed by atoms with Crippen molar-refractivity contribution in [1.29, 1.82) is 0 Å². The molecule has 0 radical (unpaired) electrons. The summed E-state index contributed by atoms with van der Waals surface area (Å²) in [6, 6.07) is -0.124. The van der Waals surface area contributed by atoms with E-state index in [9.17, 15) is 9.59 Å². The second-order valence-corrected chi connectivity index (χ2v) is 6.54. The Morgan fingerprint density at radius 2 is 1.95 bits per heavy atom. The first-order valence-corrected chi connectivity index (χ1v) is 7.81. The molecule has 5 heteroatoms. The van der Waals surface area contributed by atoms with Gasteiger partial charge in [-0.1, -0.05) is 19.8 Å². The predicted octanol–water partition coefficient (Wildman–Crippen LogP) is 2.37. The zero-order valence-electron chi connectivity index (χ0n) is 12.2. The van der Waals surface area contributed by atoms with E-state index in [2.05, 4.69) is 17.6 Å². The summed E-state index contributed by atoms with van der Waals surface area (Å²) in [4.78, 5) is 22.7. The Balaban J connectivity index is 1.64. The molecule has 0 heterocycles. The minimum atomic E-state index is -0.745. The average molecular weight is 282 g/mol. The monoisotopic (exact) mass is 282 g/mol. The van der Waals surface area contributed by atoms with E-state index in [1.807, 2.05) is 0 Å². The summed E-state index contributed by atoms with van der Waals surface area (Å²) in [6.45, 7) is 3.02. The zero-order valence-corrected chi connectivity index (χ0v) is 12.2. The van der Waals surface area contributed by atoms with E-state index in [0.717, 1.165) is 18.9 Å². The molecule has 2 aliphatic rings. The van der Waals surface area contributed by atoms with Gasteiger partial charge in [0, 0.05) is 12.6 Å². The number of carboxylic acids is 1. The number of hydrogen-bond donors (Lipinski definition) is 3. The second kappa shape index (κ2) is 6.95. The van der Waals surface area contributed by atoms with Crippen LogP contribution in [-0.4, -0.2) is 29.7 Å². The highest BCUT2D eigenvalue weighted by Crippen LogP contribution is 2.28. The third-order valence-electron chi connectivity index (χ3n) is 4.71. The number of nitrogens with one attached hydrogen (secondary N) is 2. The highest BCUT2D eigenvalue weighted by Gasteiger charge is 2.30. The highest BCUT2D eigenvalue weighted by atomic mass is 16.4. The molecule has 114 valence electrons. The fourth-order valence-corrected chi connectivity index (χ4v) is 3.56. The Bertz CT molecular complexity index is 359. The average Bonchev–Trinajstić information content (AvgIpc) is 2.85. The first-order valence-electron chi connectivity index (χ1n) is 7.81. The molecule has 4 atom stereocenters. The van der Waals surface area contributed by atoms with Gasteiger partial charge in [-0.25, -0.2) is 4.79 Å². The lowest BCUT2D eigenvalue weighted by molar-refractivity contribution is -0.141. The third-order valence-corrected chi connectivity index (χ3v) is 4.71. The van der Waals surface area contributed by atoms with Crippen LogP contribution in [0.25, 0.3) is 0 Å². The molecule has 2 fully saturated rings. The van der Waals surface area contributed by atoms with Crippen molar-refractivity contribution in [2.75, 3.05) is 6.54 Å². The van der Waals surface area contributed by atoms with Gasteiger partial charge in [0.25, 0.3) is 0 Å². The molecule has 0 saturated heterocycles. The van der Waals surface area contributed by atoms with Crippen molar-refractivity contribution in [3.63, 3.8) is 0 Å². The molecule has 0 spiro atoms. The molecule has 0 aromatic heterocycles. The van der Waals surface area contributed by atoms with Crippen LogP contribution >= 0.6 is 0 Å². The highest BCUT2D eigenvalue weighted by molar-refractivity contribution is 5.75. The number of urea groups is 1. The van der Waals surface area contributed by atoms with Gasteiger partial charge in [-0.15, -0.1) is 0 Å². The third kappa shape index (κ3) is 4.39. The number of carboxylic acid groups (broad SMARTS) is 1. The van der Waals surface area contributed by atoms with Gasteiger partial charge in [0.15, 0.2) is 0 Å². The van der Waals surface area contributed by atoms with Crippen molar-refractivity contribution in [3.8, 4) is 0 Å². The summed E-state index contributed by atoms with van der Waals surface area (Å²) in [6.07, 6.45) is 6.97. The Morgan fingerprint density at radius 1 is 1.15 bits per heavy atom. The fourth-order valence-electron chi connectivity index (χ4n) is 3.56. The van der Waals surface area contributed by atoms with Crippen molar-refractivity contribution in [2.45, 2.75) is 57.9 Å². The van der Waals surface area contributed by atoms with Crippen molar-refractivity contribution in [3.05, 3.63) is 0 Å². The molecule has 3 N–H and O–H groups in total. The van der Waals surface area contributed by atoms with Gasteiger partial charge in [0.2, 0.25) is 0 Å². The quantitative estimate of drug-likeness (QED) is 0.740. The van der Waals surface area contributed by atoms with Gasteiger partial charge in [-0.2, -0.15) is 0 Å². The first-order chi connectivity index (χ1) is 9.54. The van der Waals surface area contributed by atoms with E-state index in [4.69, 9.17) is 5.11 Å². The summed E-state index contributed by atoms with van der Waals surface area (Å²) < 4.78 is 0. The van der Waals surface area contributed by atoms with Gasteiger partial charge < -0.3 is 15.7 Å². The maximum atomic E-state index is 11.8. The van der Waals surface area contributed by atoms with Crippen LogP contribution in [0.1, 0.15) is 51.9 Å². The van der Waals surface area contributed by atoms with Crippen LogP contribution in [0.15, 0.2) is 0 Å². The lowest BCUT2D eigenvalue weighted by Gasteiger charge is -2.27. The Morgan fingerprint density at radius 3 is 2.60 bits per heavy atom. The summed E-state index contributed by atoms with van der Waals surface area (Å²) in [5.74, 6) is 0.329. The molecule has 2 rings (SSSR count). The normalized spacial score (nSPS) is 33.6. The molecule has 0 aromatic carbocycles. The summed E-state index contributed by atoms with van der Waals surface area (Å²) in [5, 5.41) is 14.8. The number of carbonyl (C=O) groups excluding carboxylic acids is 1. The molecule has 0 bridgehead atoms. The van der Waals surface area contributed by atoms with Gasteiger partial charge >= 0.3 is 12.0 Å². The van der Waals surface area contributed by atoms with Gasteiger partial charge in [0.05, 0.1) is 5.92 Å². The molecule has 2 aliphatic carbocycles. The molecule has 0 aromatic rings. The molecular weight excluding hydrogens is 256 g/mol. The smallest absolute Gasteiger partial charge is 0.315 e. The second-order valence-electron chi connectivity index (χ2n) is 6.54. The molecule has 5 nitrogen and oxygen atoms in total. The lowest BCUT2D eigenvalue weighted by atomic mass is 9.82. The summed E-state index contributed by atoms with van der Waals surface area (Å²) in [7, 11) is 0. The van der Waals surface area contributed by atoms with Crippen molar-refractivity contribution in [1.82, 2.24) is 10.6 Å². The minimum absolute atomic E-state index is 0.0152. The minimum Gasteiger partial charge on any atom is -0.481 e. The van der Waals surface area contributed by atoms with Crippen molar-refractivity contribution >= 4 is 12.0 Å². The number of rotatable bonds is 4. The maximum Gasteiger partial charge on any atom is 0.315 e. The lowest BCUT2D eigenvalue weighted by Crippen LogP contribution is -2.43. The van der Waals surface area contributed by atoms with E-state index in [-0.39, 0.29) is 18.0 Å². The first kappa shape index (κ1) is 15.1. The Labute approximate surface area is 120 Å². The van der Waals surface area contributed by atoms with Crippen LogP contribution in [0, 0.1) is 17.8 Å². The van der Waals surface area contributed by atoms with Gasteiger partial charge in [0.1, 0.15) is 0 Å². The van der Waals surface area contributed by atoms with Gasteiger partial charge in [-0.05, 0) is 43.9 Å². The van der Waals surface area contributed by atoms with E-state index >= 15 is 0 Å². The summed E-state index contributed by atoms with van der Waals surface area (Å²) in [5.41, 5.74) is 0. The number of aliphatic carboxylic acids is 1. The summed E-state index contributed by atoms with van der Waals surface area (Å²) >= 11 is 0. The van der Waals surface area contributed by atoms with E-state index in [1.54, 1.807) is 0 Å². The molecule has 4 unspecified atom stereocenters. The standard InChI is InChI=1S/C15H26N2O3/c1-10-3-2-4-11(7-10)9-16-15(20)17-13-6-5-12(8-13)14(18)19/h10-13H,2-9H2,1H3,(H,18,19)(H2,16,17,20). The van der Waals surface area contributed by atoms with Gasteiger partial charge in [-0.3, -0.25) is 4.79 Å². The van der Waals surface area contributed by atoms with E-state index in [0.29, 0.717) is 18.8 Å². The van der Waals surface area contributed by atoms with Crippen LogP contribution in [-0.2, 0) is 4.79 Å². The molecular formula is C15H26N2O3. The fraction of sp³-hybridized carbons (Fsp3) is 0.867. The van der Waals surface area contributed by atoms with E-state index < -0.39 is 5.97 Å². The van der Waals surface area contributed by atoms with Crippen molar-refractivity contribution in [2.24, 2.45) is 17.8 Å². The van der Waals surface area contributed by atoms with Crippen molar-refractivity contribution < 1.29 is 14.7 Å². The largest absolute Gasteiger partial charge is 0.481 e. The number of carbonyl (C=O) groups is 2. The van der Waals surface area contributed by atoms with E-state index in [1.165, 1.54) is 25.7 Å². The molecule has 0 aliphatic heterocycles. The van der Waals surface area contributed by atoms with Crippen LogP contribution in [0.3, 0.4) is 0 Å². The van der Waals surface area contributed by atoms with Crippen LogP contribution in [0.2, 0.25) is 0 Å². The van der Waals surface area contributed by atoms with Crippen LogP contribution in [0.5, 0.6) is 0 Å². The topological polar surface area (TPSA) is 78.4 Å².